The third-order valence-corrected chi connectivity index (χ3v) is 8.59. The quantitative estimate of drug-likeness (QED) is 0.279. The van der Waals surface area contributed by atoms with E-state index in [0.29, 0.717) is 18.7 Å². The van der Waals surface area contributed by atoms with Gasteiger partial charge in [0.15, 0.2) is 0 Å². The summed E-state index contributed by atoms with van der Waals surface area (Å²) in [5.74, 6) is -0.0867. The largest absolute Gasteiger partial charge is 0.416 e. The Morgan fingerprint density at radius 3 is 2.23 bits per heavy atom. The molecule has 0 spiro atoms. The standard InChI is InChI=1S/C33H36F4N2O/c1-23-7-5-6-10-30(23)31-22-38(19-24-11-15-27(16-12-24)33(35,36)37)20-26(31)21-39(29-8-3-2-4-9-29)32(40)25-13-17-28(34)18-14-25/h5-7,10-18,26,29,31H,2-4,8-9,19-22H2,1H3/t26-,31-/m0/s1. The molecule has 5 rings (SSSR count). The monoisotopic (exact) mass is 552 g/mol. The minimum Gasteiger partial charge on any atom is -0.335 e. The summed E-state index contributed by atoms with van der Waals surface area (Å²) in [7, 11) is 0. The molecule has 2 aliphatic rings. The van der Waals surface area contributed by atoms with Crippen LogP contribution in [-0.4, -0.2) is 41.4 Å². The number of carbonyl (C=O) groups excluding carboxylic acids is 1. The van der Waals surface area contributed by atoms with Crippen LogP contribution in [0.15, 0.2) is 72.8 Å². The van der Waals surface area contributed by atoms with Crippen LogP contribution in [-0.2, 0) is 12.7 Å². The van der Waals surface area contributed by atoms with Gasteiger partial charge in [0.25, 0.3) is 5.91 Å². The fraction of sp³-hybridized carbons (Fsp3) is 0.424. The maximum atomic E-state index is 13.8. The Bertz CT molecular complexity index is 1280. The van der Waals surface area contributed by atoms with Crippen LogP contribution in [0, 0.1) is 18.7 Å². The third kappa shape index (κ3) is 6.57. The van der Waals surface area contributed by atoms with E-state index >= 15 is 0 Å². The number of likely N-dealkylation sites (tertiary alicyclic amines) is 1. The maximum absolute atomic E-state index is 13.8. The van der Waals surface area contributed by atoms with E-state index < -0.39 is 11.7 Å². The van der Waals surface area contributed by atoms with Crippen LogP contribution in [0.2, 0.25) is 0 Å². The van der Waals surface area contributed by atoms with Crippen molar-refractivity contribution in [1.82, 2.24) is 9.80 Å². The lowest BCUT2D eigenvalue weighted by Gasteiger charge is -2.37. The number of nitrogens with zero attached hydrogens (tertiary/aromatic N) is 2. The van der Waals surface area contributed by atoms with Crippen molar-refractivity contribution >= 4 is 5.91 Å². The Morgan fingerprint density at radius 2 is 1.57 bits per heavy atom. The van der Waals surface area contributed by atoms with Gasteiger partial charge in [-0.15, -0.1) is 0 Å². The van der Waals surface area contributed by atoms with Gasteiger partial charge in [-0.05, 0) is 78.8 Å². The molecule has 0 unspecified atom stereocenters. The number of amides is 1. The second-order valence-electron chi connectivity index (χ2n) is 11.4. The molecule has 0 bridgehead atoms. The summed E-state index contributed by atoms with van der Waals surface area (Å²) in [6.45, 7) is 4.74. The molecule has 1 heterocycles. The van der Waals surface area contributed by atoms with Crippen molar-refractivity contribution in [1.29, 1.82) is 0 Å². The molecule has 3 aromatic rings. The number of hydrogen-bond acceptors (Lipinski definition) is 2. The number of rotatable bonds is 7. The first-order valence-electron chi connectivity index (χ1n) is 14.2. The molecule has 2 fully saturated rings. The molecule has 1 saturated carbocycles. The van der Waals surface area contributed by atoms with Crippen molar-refractivity contribution in [3.05, 3.63) is 106 Å². The third-order valence-electron chi connectivity index (χ3n) is 8.59. The predicted octanol–water partition coefficient (Wildman–Crippen LogP) is 7.84. The number of alkyl halides is 3. The highest BCUT2D eigenvalue weighted by atomic mass is 19.4. The number of benzene rings is 3. The van der Waals surface area contributed by atoms with Crippen molar-refractivity contribution < 1.29 is 22.4 Å². The second-order valence-corrected chi connectivity index (χ2v) is 11.4. The summed E-state index contributed by atoms with van der Waals surface area (Å²) in [6.07, 6.45) is 0.916. The van der Waals surface area contributed by atoms with Crippen LogP contribution in [0.3, 0.4) is 0 Å². The van der Waals surface area contributed by atoms with Crippen LogP contribution in [0.1, 0.15) is 70.6 Å². The Morgan fingerprint density at radius 1 is 0.900 bits per heavy atom. The van der Waals surface area contributed by atoms with Gasteiger partial charge in [0.05, 0.1) is 5.56 Å². The number of hydrogen-bond donors (Lipinski definition) is 0. The van der Waals surface area contributed by atoms with E-state index in [1.54, 1.807) is 24.3 Å². The predicted molar refractivity (Wildman–Crippen MR) is 148 cm³/mol. The molecule has 3 aromatic carbocycles. The van der Waals surface area contributed by atoms with Crippen LogP contribution in [0.5, 0.6) is 0 Å². The van der Waals surface area contributed by atoms with Gasteiger partial charge in [0.2, 0.25) is 0 Å². The SMILES string of the molecule is Cc1ccccc1[C@H]1CN(Cc2ccc(C(F)(F)F)cc2)C[C@H]1CN(C(=O)c1ccc(F)cc1)C1CCCCC1. The number of halogens is 4. The van der Waals surface area contributed by atoms with Gasteiger partial charge in [-0.2, -0.15) is 13.2 Å². The molecule has 3 nitrogen and oxygen atoms in total. The molecule has 1 saturated heterocycles. The Hall–Kier alpha value is -3.19. The van der Waals surface area contributed by atoms with Crippen LogP contribution in [0.4, 0.5) is 17.6 Å². The average Bonchev–Trinajstić information content (AvgIpc) is 3.34. The molecular formula is C33H36F4N2O. The zero-order valence-electron chi connectivity index (χ0n) is 22.8. The number of aryl methyl sites for hydroxylation is 1. The molecule has 40 heavy (non-hydrogen) atoms. The summed E-state index contributed by atoms with van der Waals surface area (Å²) in [5.41, 5.74) is 3.14. The van der Waals surface area contributed by atoms with Gasteiger partial charge in [0, 0.05) is 43.7 Å². The summed E-state index contributed by atoms with van der Waals surface area (Å²) < 4.78 is 52.8. The summed E-state index contributed by atoms with van der Waals surface area (Å²) in [6, 6.07) is 19.7. The molecular weight excluding hydrogens is 516 g/mol. The van der Waals surface area contributed by atoms with Gasteiger partial charge in [-0.1, -0.05) is 55.7 Å². The fourth-order valence-corrected chi connectivity index (χ4v) is 6.49. The van der Waals surface area contributed by atoms with Gasteiger partial charge in [-0.3, -0.25) is 9.69 Å². The van der Waals surface area contributed by atoms with E-state index in [1.807, 2.05) is 17.0 Å². The van der Waals surface area contributed by atoms with E-state index in [0.717, 1.165) is 56.5 Å². The Kier molecular flexibility index (Phi) is 8.60. The van der Waals surface area contributed by atoms with E-state index in [1.165, 1.54) is 29.7 Å². The van der Waals surface area contributed by atoms with E-state index in [-0.39, 0.29) is 29.6 Å². The van der Waals surface area contributed by atoms with Crippen molar-refractivity contribution in [2.75, 3.05) is 19.6 Å². The van der Waals surface area contributed by atoms with Crippen molar-refractivity contribution in [3.8, 4) is 0 Å². The smallest absolute Gasteiger partial charge is 0.335 e. The molecule has 1 amide bonds. The highest BCUT2D eigenvalue weighted by molar-refractivity contribution is 5.94. The van der Waals surface area contributed by atoms with Crippen molar-refractivity contribution in [2.24, 2.45) is 5.92 Å². The van der Waals surface area contributed by atoms with Gasteiger partial charge in [-0.25, -0.2) is 4.39 Å². The maximum Gasteiger partial charge on any atom is 0.416 e. The first-order chi connectivity index (χ1) is 19.2. The van der Waals surface area contributed by atoms with Crippen molar-refractivity contribution in [3.63, 3.8) is 0 Å². The first-order valence-corrected chi connectivity index (χ1v) is 14.2. The van der Waals surface area contributed by atoms with Gasteiger partial charge in [0.1, 0.15) is 5.82 Å². The summed E-state index contributed by atoms with van der Waals surface area (Å²) >= 11 is 0. The molecule has 1 aliphatic carbocycles. The van der Waals surface area contributed by atoms with Crippen LogP contribution >= 0.6 is 0 Å². The average molecular weight is 553 g/mol. The zero-order valence-corrected chi connectivity index (χ0v) is 22.8. The lowest BCUT2D eigenvalue weighted by Crippen LogP contribution is -2.45. The van der Waals surface area contributed by atoms with Gasteiger partial charge >= 0.3 is 6.18 Å². The molecule has 212 valence electrons. The normalized spacial score (nSPS) is 20.5. The minimum atomic E-state index is -4.35. The minimum absolute atomic E-state index is 0.0587. The highest BCUT2D eigenvalue weighted by Crippen LogP contribution is 2.37. The van der Waals surface area contributed by atoms with Crippen LogP contribution in [0.25, 0.3) is 0 Å². The summed E-state index contributed by atoms with van der Waals surface area (Å²) in [5, 5.41) is 0. The molecule has 0 aromatic heterocycles. The fourth-order valence-electron chi connectivity index (χ4n) is 6.49. The van der Waals surface area contributed by atoms with Crippen LogP contribution < -0.4 is 0 Å². The Balaban J connectivity index is 1.41. The molecule has 0 N–H and O–H groups in total. The lowest BCUT2D eigenvalue weighted by atomic mass is 9.85. The van der Waals surface area contributed by atoms with Crippen molar-refractivity contribution in [2.45, 2.75) is 63.7 Å². The van der Waals surface area contributed by atoms with Gasteiger partial charge < -0.3 is 4.90 Å². The van der Waals surface area contributed by atoms with E-state index in [4.69, 9.17) is 0 Å². The molecule has 7 heteroatoms. The topological polar surface area (TPSA) is 23.6 Å². The molecule has 0 radical (unpaired) electrons. The molecule has 1 aliphatic heterocycles. The highest BCUT2D eigenvalue weighted by Gasteiger charge is 2.38. The first kappa shape index (κ1) is 28.3. The second kappa shape index (κ2) is 12.1. The lowest BCUT2D eigenvalue weighted by molar-refractivity contribution is -0.137. The zero-order chi connectivity index (χ0) is 28.3. The Labute approximate surface area is 233 Å². The van der Waals surface area contributed by atoms with E-state index in [2.05, 4.69) is 24.0 Å². The summed E-state index contributed by atoms with van der Waals surface area (Å²) in [4.78, 5) is 18.2. The van der Waals surface area contributed by atoms with E-state index in [9.17, 15) is 22.4 Å². The number of carbonyl (C=O) groups is 1. The molecule has 2 atom stereocenters.